The topological polar surface area (TPSA) is 37.3 Å². The minimum absolute atomic E-state index is 0. The van der Waals surface area contributed by atoms with E-state index in [0.29, 0.717) is 0 Å². The van der Waals surface area contributed by atoms with Gasteiger partial charge in [-0.1, -0.05) is 12.8 Å². The molecule has 0 bridgehead atoms. The maximum absolute atomic E-state index is 8.36. The summed E-state index contributed by atoms with van der Waals surface area (Å²) in [4.78, 5) is 8.36. The van der Waals surface area contributed by atoms with Crippen LogP contribution in [0.2, 0.25) is 0 Å². The molecule has 3 heteroatoms. The fraction of sp³-hybridized carbons (Fsp3) is 0.667. The molecule has 0 aliphatic heterocycles. The molecule has 0 aromatic heterocycles. The molecule has 1 rings (SSSR count). The normalized spacial score (nSPS) is 14.7. The Morgan fingerprint density at radius 1 is 1.33 bits per heavy atom. The first kappa shape index (κ1) is 11.7. The molecule has 0 amide bonds. The second kappa shape index (κ2) is 10.9. The zero-order valence-corrected chi connectivity index (χ0v) is 6.08. The minimum Gasteiger partial charge on any atom is -0.483 e. The van der Waals surface area contributed by atoms with Crippen molar-refractivity contribution >= 4 is 6.47 Å². The van der Waals surface area contributed by atoms with Gasteiger partial charge in [0, 0.05) is 0 Å². The van der Waals surface area contributed by atoms with E-state index in [2.05, 4.69) is 6.42 Å². The summed E-state index contributed by atoms with van der Waals surface area (Å²) in [7, 11) is 0. The van der Waals surface area contributed by atoms with Gasteiger partial charge in [0.15, 0.2) is 0 Å². The van der Waals surface area contributed by atoms with Crippen molar-refractivity contribution < 1.29 is 27.0 Å². The van der Waals surface area contributed by atoms with Crippen molar-refractivity contribution in [2.75, 3.05) is 0 Å². The summed E-state index contributed by atoms with van der Waals surface area (Å²) in [6.07, 6.45) is 8.00. The molecule has 0 aromatic carbocycles. The summed E-state index contributed by atoms with van der Waals surface area (Å²) in [6.45, 7) is -0.250. The Labute approximate surface area is 66.1 Å². The number of rotatable bonds is 0. The first-order valence-electron chi connectivity index (χ1n) is 2.81. The Bertz CT molecular complexity index is 45.4. The SMILES string of the molecule is O=CO.[CH-]1CCCC1.[Cu+]. The van der Waals surface area contributed by atoms with E-state index in [-0.39, 0.29) is 23.5 Å². The first-order valence-corrected chi connectivity index (χ1v) is 2.81. The van der Waals surface area contributed by atoms with Crippen LogP contribution in [0.4, 0.5) is 0 Å². The van der Waals surface area contributed by atoms with Crippen LogP contribution in [0.5, 0.6) is 0 Å². The van der Waals surface area contributed by atoms with Crippen molar-refractivity contribution in [1.82, 2.24) is 0 Å². The molecule has 58 valence electrons. The molecule has 0 heterocycles. The van der Waals surface area contributed by atoms with Crippen LogP contribution in [0.25, 0.3) is 0 Å². The number of carbonyl (C=O) groups is 1. The van der Waals surface area contributed by atoms with E-state index >= 15 is 0 Å². The Balaban J connectivity index is 0. The third kappa shape index (κ3) is 11.5. The van der Waals surface area contributed by atoms with Crippen LogP contribution in [-0.2, 0) is 21.9 Å². The van der Waals surface area contributed by atoms with Crippen LogP contribution in [-0.4, -0.2) is 11.6 Å². The third-order valence-corrected chi connectivity index (χ3v) is 1.07. The summed E-state index contributed by atoms with van der Waals surface area (Å²) in [5, 5.41) is 6.89. The van der Waals surface area contributed by atoms with E-state index in [1.165, 1.54) is 25.7 Å². The van der Waals surface area contributed by atoms with E-state index in [4.69, 9.17) is 9.90 Å². The number of hydrogen-bond acceptors (Lipinski definition) is 1. The van der Waals surface area contributed by atoms with Crippen LogP contribution in [0.15, 0.2) is 0 Å². The van der Waals surface area contributed by atoms with Crippen molar-refractivity contribution in [3.63, 3.8) is 0 Å². The molecule has 1 saturated carbocycles. The van der Waals surface area contributed by atoms with Crippen molar-refractivity contribution in [2.24, 2.45) is 0 Å². The monoisotopic (exact) mass is 178 g/mol. The molecule has 0 atom stereocenters. The van der Waals surface area contributed by atoms with Crippen molar-refractivity contribution in [3.8, 4) is 0 Å². The molecule has 0 radical (unpaired) electrons. The zero-order chi connectivity index (χ0) is 6.24. The average molecular weight is 179 g/mol. The molecule has 1 fully saturated rings. The third-order valence-electron chi connectivity index (χ3n) is 1.07. The van der Waals surface area contributed by atoms with E-state index in [1.807, 2.05) is 0 Å². The van der Waals surface area contributed by atoms with Crippen LogP contribution >= 0.6 is 0 Å². The molecular weight excluding hydrogens is 168 g/mol. The summed E-state index contributed by atoms with van der Waals surface area (Å²) in [5.41, 5.74) is 0. The second-order valence-electron chi connectivity index (χ2n) is 1.68. The fourth-order valence-electron chi connectivity index (χ4n) is 0.722. The molecule has 2 nitrogen and oxygen atoms in total. The van der Waals surface area contributed by atoms with Crippen LogP contribution in [0.3, 0.4) is 0 Å². The molecule has 0 spiro atoms. The zero-order valence-electron chi connectivity index (χ0n) is 5.14. The molecule has 0 saturated heterocycles. The van der Waals surface area contributed by atoms with Gasteiger partial charge in [-0.3, -0.25) is 4.79 Å². The van der Waals surface area contributed by atoms with E-state index in [1.54, 1.807) is 0 Å². The number of hydrogen-bond donors (Lipinski definition) is 1. The summed E-state index contributed by atoms with van der Waals surface area (Å²) in [6, 6.07) is 0. The van der Waals surface area contributed by atoms with Gasteiger partial charge in [-0.15, -0.1) is 0 Å². The predicted octanol–water partition coefficient (Wildman–Crippen LogP) is 1.46. The van der Waals surface area contributed by atoms with Crippen molar-refractivity contribution in [2.45, 2.75) is 25.7 Å². The summed E-state index contributed by atoms with van der Waals surface area (Å²) in [5.74, 6) is 0. The van der Waals surface area contributed by atoms with Gasteiger partial charge in [0.1, 0.15) is 0 Å². The Morgan fingerprint density at radius 3 is 1.78 bits per heavy atom. The van der Waals surface area contributed by atoms with Crippen LogP contribution in [0, 0.1) is 6.42 Å². The van der Waals surface area contributed by atoms with Gasteiger partial charge in [-0.2, -0.15) is 12.8 Å². The predicted molar refractivity (Wildman–Crippen MR) is 31.5 cm³/mol. The Morgan fingerprint density at radius 2 is 1.67 bits per heavy atom. The molecule has 0 unspecified atom stereocenters. The van der Waals surface area contributed by atoms with Crippen LogP contribution < -0.4 is 0 Å². The standard InChI is InChI=1S/C5H9.CH2O2.Cu/c1-2-4-5-3-1;2-1-3;/h1H,2-5H2;1H,(H,2,3);/q-1;;+1. The molecular formula is C6H11CuO2. The number of carboxylic acid groups (broad SMARTS) is 1. The molecule has 1 N–H and O–H groups in total. The van der Waals surface area contributed by atoms with Crippen LogP contribution in [0.1, 0.15) is 25.7 Å². The van der Waals surface area contributed by atoms with Crippen molar-refractivity contribution in [1.29, 1.82) is 0 Å². The minimum atomic E-state index is -0.250. The fourth-order valence-corrected chi connectivity index (χ4v) is 0.722. The largest absolute Gasteiger partial charge is 1.00 e. The van der Waals surface area contributed by atoms with E-state index in [9.17, 15) is 0 Å². The smallest absolute Gasteiger partial charge is 0.483 e. The Hall–Kier alpha value is -0.0105. The Kier molecular flexibility index (Phi) is 14.2. The summed E-state index contributed by atoms with van der Waals surface area (Å²) < 4.78 is 0. The van der Waals surface area contributed by atoms with Gasteiger partial charge in [0.05, 0.1) is 0 Å². The molecule has 1 aliphatic rings. The maximum Gasteiger partial charge on any atom is 1.00 e. The van der Waals surface area contributed by atoms with E-state index in [0.717, 1.165) is 0 Å². The maximum atomic E-state index is 8.36. The molecule has 9 heavy (non-hydrogen) atoms. The average Bonchev–Trinajstić information content (AvgIpc) is 2.17. The molecule has 0 aromatic rings. The van der Waals surface area contributed by atoms with Gasteiger partial charge in [0.25, 0.3) is 6.47 Å². The van der Waals surface area contributed by atoms with Gasteiger partial charge in [0.2, 0.25) is 0 Å². The van der Waals surface area contributed by atoms with E-state index < -0.39 is 0 Å². The quantitative estimate of drug-likeness (QED) is 0.347. The summed E-state index contributed by atoms with van der Waals surface area (Å²) >= 11 is 0. The second-order valence-corrected chi connectivity index (χ2v) is 1.68. The van der Waals surface area contributed by atoms with Gasteiger partial charge < -0.3 is 11.5 Å². The first-order chi connectivity index (χ1) is 3.91. The van der Waals surface area contributed by atoms with Crippen molar-refractivity contribution in [3.05, 3.63) is 6.42 Å². The van der Waals surface area contributed by atoms with Gasteiger partial charge in [-0.25, -0.2) is 0 Å². The van der Waals surface area contributed by atoms with Gasteiger partial charge >= 0.3 is 17.1 Å². The molecule has 1 aliphatic carbocycles. The van der Waals surface area contributed by atoms with Gasteiger partial charge in [-0.05, 0) is 0 Å².